The van der Waals surface area contributed by atoms with Gasteiger partial charge in [-0.2, -0.15) is 0 Å². The van der Waals surface area contributed by atoms with E-state index in [-0.39, 0.29) is 30.9 Å². The fourth-order valence-corrected chi connectivity index (χ4v) is 2.32. The van der Waals surface area contributed by atoms with Crippen LogP contribution in [0.3, 0.4) is 0 Å². The van der Waals surface area contributed by atoms with E-state index < -0.39 is 5.97 Å². The predicted molar refractivity (Wildman–Crippen MR) is 77.8 cm³/mol. The Hall–Kier alpha value is -1.79. The molecule has 3 amide bonds. The Balaban J connectivity index is 2.41. The van der Waals surface area contributed by atoms with Crippen molar-refractivity contribution in [3.63, 3.8) is 0 Å². The highest BCUT2D eigenvalue weighted by molar-refractivity contribution is 5.84. The van der Waals surface area contributed by atoms with Crippen molar-refractivity contribution in [1.29, 1.82) is 0 Å². The lowest BCUT2D eigenvalue weighted by Crippen LogP contribution is -2.51. The Morgan fingerprint density at radius 2 is 1.95 bits per heavy atom. The molecule has 1 fully saturated rings. The molecule has 1 atom stereocenters. The van der Waals surface area contributed by atoms with Crippen LogP contribution in [0.15, 0.2) is 0 Å². The Morgan fingerprint density at radius 3 is 2.57 bits per heavy atom. The lowest BCUT2D eigenvalue weighted by molar-refractivity contribution is -0.138. The number of carbonyl (C=O) groups excluding carboxylic acids is 2. The number of carboxylic acid groups (broad SMARTS) is 1. The number of nitrogens with one attached hydrogen (secondary N) is 2. The molecular weight excluding hydrogens is 274 g/mol. The van der Waals surface area contributed by atoms with Gasteiger partial charge in [0.25, 0.3) is 0 Å². The molecule has 0 aromatic heterocycles. The number of carboxylic acids is 1. The molecule has 1 aliphatic heterocycles. The number of hydrogen-bond acceptors (Lipinski definition) is 3. The van der Waals surface area contributed by atoms with Gasteiger partial charge < -0.3 is 20.6 Å². The maximum absolute atomic E-state index is 12.1. The molecule has 1 rings (SSSR count). The molecule has 3 N–H and O–H groups in total. The molecule has 1 aliphatic rings. The maximum atomic E-state index is 12.1. The molecule has 1 heterocycles. The minimum Gasteiger partial charge on any atom is -0.481 e. The smallest absolute Gasteiger partial charge is 0.318 e. The Kier molecular flexibility index (Phi) is 6.98. The van der Waals surface area contributed by atoms with Crippen LogP contribution in [-0.4, -0.2) is 53.6 Å². The summed E-state index contributed by atoms with van der Waals surface area (Å²) >= 11 is 0. The van der Waals surface area contributed by atoms with Gasteiger partial charge >= 0.3 is 12.0 Å². The molecule has 1 saturated heterocycles. The normalized spacial score (nSPS) is 18.4. The van der Waals surface area contributed by atoms with Crippen LogP contribution in [0.4, 0.5) is 4.79 Å². The molecular formula is C14H25N3O4. The van der Waals surface area contributed by atoms with E-state index in [1.165, 1.54) is 4.90 Å². The zero-order valence-corrected chi connectivity index (χ0v) is 12.7. The standard InChI is InChI=1S/C14H25N3O4/c1-10(2)8-15-12(18)9-16-14(21)17-6-4-3-5-11(17)7-13(19)20/h10-11H,3-9H2,1-2H3,(H,15,18)(H,16,21)(H,19,20). The van der Waals surface area contributed by atoms with Gasteiger partial charge in [0.1, 0.15) is 0 Å². The van der Waals surface area contributed by atoms with Crippen molar-refractivity contribution in [2.45, 2.75) is 45.6 Å². The average molecular weight is 299 g/mol. The average Bonchev–Trinajstić information content (AvgIpc) is 2.42. The second kappa shape index (κ2) is 8.49. The van der Waals surface area contributed by atoms with Crippen LogP contribution in [0, 0.1) is 5.92 Å². The van der Waals surface area contributed by atoms with Gasteiger partial charge in [0.2, 0.25) is 5.91 Å². The minimum absolute atomic E-state index is 0.0486. The van der Waals surface area contributed by atoms with E-state index in [1.54, 1.807) is 0 Å². The van der Waals surface area contributed by atoms with E-state index in [0.717, 1.165) is 12.8 Å². The molecule has 0 aliphatic carbocycles. The first-order valence-electron chi connectivity index (χ1n) is 7.43. The summed E-state index contributed by atoms with van der Waals surface area (Å²) in [6.07, 6.45) is 2.44. The summed E-state index contributed by atoms with van der Waals surface area (Å²) in [6, 6.07) is -0.643. The molecule has 7 heteroatoms. The third-order valence-corrected chi connectivity index (χ3v) is 3.41. The first-order valence-corrected chi connectivity index (χ1v) is 7.43. The first kappa shape index (κ1) is 17.3. The summed E-state index contributed by atoms with van der Waals surface area (Å²) in [4.78, 5) is 36.0. The number of likely N-dealkylation sites (tertiary alicyclic amines) is 1. The second-order valence-electron chi connectivity index (χ2n) is 5.80. The van der Waals surface area contributed by atoms with Crippen LogP contribution < -0.4 is 10.6 Å². The molecule has 0 radical (unpaired) electrons. The number of nitrogens with zero attached hydrogens (tertiary/aromatic N) is 1. The SMILES string of the molecule is CC(C)CNC(=O)CNC(=O)N1CCCCC1CC(=O)O. The zero-order valence-electron chi connectivity index (χ0n) is 12.7. The highest BCUT2D eigenvalue weighted by atomic mass is 16.4. The number of urea groups is 1. The van der Waals surface area contributed by atoms with Crippen molar-refractivity contribution in [2.24, 2.45) is 5.92 Å². The maximum Gasteiger partial charge on any atom is 0.318 e. The molecule has 0 aromatic carbocycles. The summed E-state index contributed by atoms with van der Waals surface area (Å²) in [5.41, 5.74) is 0. The van der Waals surface area contributed by atoms with Gasteiger partial charge in [0, 0.05) is 19.1 Å². The first-order chi connectivity index (χ1) is 9.90. The quantitative estimate of drug-likeness (QED) is 0.675. The molecule has 1 unspecified atom stereocenters. The van der Waals surface area contributed by atoms with Crippen LogP contribution >= 0.6 is 0 Å². The van der Waals surface area contributed by atoms with Crippen molar-refractivity contribution >= 4 is 17.9 Å². The van der Waals surface area contributed by atoms with Crippen LogP contribution in [0.25, 0.3) is 0 Å². The summed E-state index contributed by atoms with van der Waals surface area (Å²) < 4.78 is 0. The van der Waals surface area contributed by atoms with Crippen LogP contribution in [0.5, 0.6) is 0 Å². The number of piperidine rings is 1. The summed E-state index contributed by atoms with van der Waals surface area (Å²) in [5.74, 6) is -0.787. The Labute approximate surface area is 125 Å². The van der Waals surface area contributed by atoms with Gasteiger partial charge in [0.05, 0.1) is 13.0 Å². The number of hydrogen-bond donors (Lipinski definition) is 3. The van der Waals surface area contributed by atoms with E-state index in [9.17, 15) is 14.4 Å². The summed E-state index contributed by atoms with van der Waals surface area (Å²) in [6.45, 7) is 5.01. The molecule has 0 saturated carbocycles. The molecule has 0 aromatic rings. The van der Waals surface area contributed by atoms with E-state index in [2.05, 4.69) is 10.6 Å². The fraction of sp³-hybridized carbons (Fsp3) is 0.786. The second-order valence-corrected chi connectivity index (χ2v) is 5.80. The van der Waals surface area contributed by atoms with E-state index >= 15 is 0 Å². The van der Waals surface area contributed by atoms with Gasteiger partial charge in [0.15, 0.2) is 0 Å². The Morgan fingerprint density at radius 1 is 1.24 bits per heavy atom. The van der Waals surface area contributed by atoms with E-state index in [0.29, 0.717) is 25.4 Å². The highest BCUT2D eigenvalue weighted by Gasteiger charge is 2.28. The molecule has 0 spiro atoms. The predicted octanol–water partition coefficient (Wildman–Crippen LogP) is 0.797. The van der Waals surface area contributed by atoms with Crippen LogP contribution in [0.1, 0.15) is 39.5 Å². The third-order valence-electron chi connectivity index (χ3n) is 3.41. The largest absolute Gasteiger partial charge is 0.481 e. The van der Waals surface area contributed by atoms with Crippen molar-refractivity contribution in [2.75, 3.05) is 19.6 Å². The van der Waals surface area contributed by atoms with Gasteiger partial charge in [-0.1, -0.05) is 13.8 Å². The van der Waals surface area contributed by atoms with Gasteiger partial charge in [-0.25, -0.2) is 4.79 Å². The van der Waals surface area contributed by atoms with Crippen molar-refractivity contribution in [1.82, 2.24) is 15.5 Å². The number of aliphatic carboxylic acids is 1. The number of carbonyl (C=O) groups is 3. The van der Waals surface area contributed by atoms with Crippen LogP contribution in [0.2, 0.25) is 0 Å². The van der Waals surface area contributed by atoms with Crippen LogP contribution in [-0.2, 0) is 9.59 Å². The van der Waals surface area contributed by atoms with Gasteiger partial charge in [-0.3, -0.25) is 9.59 Å². The van der Waals surface area contributed by atoms with E-state index in [4.69, 9.17) is 5.11 Å². The minimum atomic E-state index is -0.908. The van der Waals surface area contributed by atoms with Gasteiger partial charge in [-0.05, 0) is 25.2 Å². The van der Waals surface area contributed by atoms with Crippen molar-refractivity contribution in [3.05, 3.63) is 0 Å². The lowest BCUT2D eigenvalue weighted by atomic mass is 10.00. The number of rotatable bonds is 6. The van der Waals surface area contributed by atoms with Crippen molar-refractivity contribution < 1.29 is 19.5 Å². The Bertz CT molecular complexity index is 384. The molecule has 0 bridgehead atoms. The monoisotopic (exact) mass is 299 g/mol. The zero-order chi connectivity index (χ0) is 15.8. The number of amides is 3. The lowest BCUT2D eigenvalue weighted by Gasteiger charge is -2.34. The topological polar surface area (TPSA) is 98.7 Å². The summed E-state index contributed by atoms with van der Waals surface area (Å²) in [5, 5.41) is 14.2. The third kappa shape index (κ3) is 6.46. The van der Waals surface area contributed by atoms with E-state index in [1.807, 2.05) is 13.8 Å². The highest BCUT2D eigenvalue weighted by Crippen LogP contribution is 2.19. The van der Waals surface area contributed by atoms with Gasteiger partial charge in [-0.15, -0.1) is 0 Å². The molecule has 120 valence electrons. The molecule has 21 heavy (non-hydrogen) atoms. The fourth-order valence-electron chi connectivity index (χ4n) is 2.32. The summed E-state index contributed by atoms with van der Waals surface area (Å²) in [7, 11) is 0. The van der Waals surface area contributed by atoms with Crippen molar-refractivity contribution in [3.8, 4) is 0 Å². The molecule has 7 nitrogen and oxygen atoms in total.